The Hall–Kier alpha value is -0.810. The summed E-state index contributed by atoms with van der Waals surface area (Å²) >= 11 is 9.85. The molecule has 3 rings (SSSR count). The Morgan fingerprint density at radius 2 is 2.00 bits per heavy atom. The lowest BCUT2D eigenvalue weighted by atomic mass is 10.00. The van der Waals surface area contributed by atoms with Gasteiger partial charge in [-0.25, -0.2) is 14.6 Å². The maximum absolute atomic E-state index is 6.38. The van der Waals surface area contributed by atoms with Gasteiger partial charge in [0.25, 0.3) is 0 Å². The van der Waals surface area contributed by atoms with Gasteiger partial charge < -0.3 is 5.01 Å². The molecule has 1 saturated heterocycles. The van der Waals surface area contributed by atoms with Crippen LogP contribution in [0.25, 0.3) is 11.2 Å². The molecule has 1 fully saturated rings. The molecule has 0 aliphatic carbocycles. The number of aromatic nitrogens is 3. The summed E-state index contributed by atoms with van der Waals surface area (Å²) in [5.74, 6) is 0.873. The molecule has 3 atom stereocenters. The number of piperidine rings is 1. The first-order chi connectivity index (χ1) is 9.99. The molecular weight excluding hydrogens is 352 g/mol. The fourth-order valence-electron chi connectivity index (χ4n) is 3.23. The molecule has 0 saturated carbocycles. The van der Waals surface area contributed by atoms with Gasteiger partial charge in [-0.05, 0) is 62.0 Å². The Kier molecular flexibility index (Phi) is 4.14. The van der Waals surface area contributed by atoms with E-state index in [0.29, 0.717) is 12.1 Å². The Bertz CT molecular complexity index is 644. The van der Waals surface area contributed by atoms with Gasteiger partial charge in [-0.2, -0.15) is 0 Å². The second-order valence-electron chi connectivity index (χ2n) is 5.90. The van der Waals surface area contributed by atoms with E-state index in [-0.39, 0.29) is 5.38 Å². The molecule has 3 heterocycles. The van der Waals surface area contributed by atoms with E-state index in [9.17, 15) is 0 Å². The van der Waals surface area contributed by atoms with E-state index in [4.69, 9.17) is 16.6 Å². The van der Waals surface area contributed by atoms with Crippen molar-refractivity contribution in [2.24, 2.45) is 0 Å². The summed E-state index contributed by atoms with van der Waals surface area (Å²) in [4.78, 5) is 9.30. The molecule has 0 bridgehead atoms. The van der Waals surface area contributed by atoms with Crippen LogP contribution in [0, 0.1) is 0 Å². The summed E-state index contributed by atoms with van der Waals surface area (Å²) in [6, 6.07) is 2.93. The average molecular weight is 372 g/mol. The molecule has 0 aromatic carbocycles. The van der Waals surface area contributed by atoms with E-state index in [1.54, 1.807) is 0 Å². The molecule has 21 heavy (non-hydrogen) atoms. The summed E-state index contributed by atoms with van der Waals surface area (Å²) in [6.07, 6.45) is 5.48. The van der Waals surface area contributed by atoms with E-state index in [1.165, 1.54) is 19.3 Å². The smallest absolute Gasteiger partial charge is 0.179 e. The molecule has 114 valence electrons. The van der Waals surface area contributed by atoms with Crippen molar-refractivity contribution in [2.45, 2.75) is 57.5 Å². The van der Waals surface area contributed by atoms with Crippen LogP contribution in [-0.2, 0) is 0 Å². The van der Waals surface area contributed by atoms with E-state index in [0.717, 1.165) is 21.5 Å². The van der Waals surface area contributed by atoms with Crippen molar-refractivity contribution < 1.29 is 0 Å². The first-order valence-corrected chi connectivity index (χ1v) is 8.68. The van der Waals surface area contributed by atoms with Gasteiger partial charge in [0.1, 0.15) is 11.3 Å². The van der Waals surface area contributed by atoms with Gasteiger partial charge in [-0.3, -0.25) is 0 Å². The van der Waals surface area contributed by atoms with Gasteiger partial charge >= 0.3 is 0 Å². The standard InChI is InChI=1S/C15H20BrClN4/c1-9-5-4-6-10(2)20(9)21-14(11(3)17)19-13-7-12(16)8-18-15(13)21/h7-11H,4-6H2,1-3H3. The van der Waals surface area contributed by atoms with E-state index in [1.807, 2.05) is 19.2 Å². The number of fused-ring (bicyclic) bond motifs is 1. The molecule has 0 amide bonds. The largest absolute Gasteiger partial charge is 0.304 e. The topological polar surface area (TPSA) is 34.0 Å². The van der Waals surface area contributed by atoms with E-state index >= 15 is 0 Å². The van der Waals surface area contributed by atoms with Crippen LogP contribution in [0.1, 0.15) is 51.2 Å². The van der Waals surface area contributed by atoms with Crippen LogP contribution < -0.4 is 5.01 Å². The van der Waals surface area contributed by atoms with Crippen LogP contribution in [0.2, 0.25) is 0 Å². The van der Waals surface area contributed by atoms with Crippen LogP contribution in [0.5, 0.6) is 0 Å². The van der Waals surface area contributed by atoms with Crippen LogP contribution in [-0.4, -0.2) is 26.7 Å². The van der Waals surface area contributed by atoms with Crippen molar-refractivity contribution in [3.8, 4) is 0 Å². The van der Waals surface area contributed by atoms with Gasteiger partial charge in [0.05, 0.1) is 5.38 Å². The number of hydrogen-bond acceptors (Lipinski definition) is 3. The van der Waals surface area contributed by atoms with Gasteiger partial charge in [0.2, 0.25) is 0 Å². The zero-order valence-electron chi connectivity index (χ0n) is 12.6. The van der Waals surface area contributed by atoms with Crippen LogP contribution in [0.15, 0.2) is 16.7 Å². The third-order valence-corrected chi connectivity index (χ3v) is 4.83. The third kappa shape index (κ3) is 2.66. The number of rotatable bonds is 2. The molecule has 1 aliphatic heterocycles. The molecule has 0 spiro atoms. The minimum Gasteiger partial charge on any atom is -0.304 e. The Balaban J connectivity index is 2.21. The summed E-state index contributed by atoms with van der Waals surface area (Å²) < 4.78 is 3.08. The van der Waals surface area contributed by atoms with Crippen molar-refractivity contribution in [1.82, 2.24) is 14.6 Å². The first-order valence-electron chi connectivity index (χ1n) is 7.45. The maximum atomic E-state index is 6.38. The van der Waals surface area contributed by atoms with E-state index < -0.39 is 0 Å². The monoisotopic (exact) mass is 370 g/mol. The molecular formula is C15H20BrClN4. The van der Waals surface area contributed by atoms with Crippen LogP contribution in [0.4, 0.5) is 0 Å². The summed E-state index contributed by atoms with van der Waals surface area (Å²) in [5, 5.41) is 2.24. The lowest BCUT2D eigenvalue weighted by molar-refractivity contribution is 0.334. The quantitative estimate of drug-likeness (QED) is 0.734. The fraction of sp³-hybridized carbons (Fsp3) is 0.600. The van der Waals surface area contributed by atoms with Crippen molar-refractivity contribution in [1.29, 1.82) is 0 Å². The number of hydrogen-bond donors (Lipinski definition) is 0. The van der Waals surface area contributed by atoms with Crippen LogP contribution in [0.3, 0.4) is 0 Å². The molecule has 1 aliphatic rings. The van der Waals surface area contributed by atoms with Crippen molar-refractivity contribution >= 4 is 38.7 Å². The molecule has 0 N–H and O–H groups in total. The molecule has 4 nitrogen and oxygen atoms in total. The fourth-order valence-corrected chi connectivity index (χ4v) is 3.69. The highest BCUT2D eigenvalue weighted by atomic mass is 79.9. The van der Waals surface area contributed by atoms with Crippen molar-refractivity contribution in [2.75, 3.05) is 5.01 Å². The number of pyridine rings is 1. The zero-order chi connectivity index (χ0) is 15.1. The number of alkyl halides is 1. The van der Waals surface area contributed by atoms with Crippen LogP contribution >= 0.6 is 27.5 Å². The highest BCUT2D eigenvalue weighted by molar-refractivity contribution is 9.10. The molecule has 6 heteroatoms. The number of halogens is 2. The highest BCUT2D eigenvalue weighted by Crippen LogP contribution is 2.30. The van der Waals surface area contributed by atoms with Crippen molar-refractivity contribution in [3.05, 3.63) is 22.6 Å². The molecule has 2 aromatic heterocycles. The van der Waals surface area contributed by atoms with Gasteiger partial charge in [-0.1, -0.05) is 0 Å². The Morgan fingerprint density at radius 1 is 1.33 bits per heavy atom. The molecule has 2 aromatic rings. The summed E-state index contributed by atoms with van der Waals surface area (Å²) in [7, 11) is 0. The summed E-state index contributed by atoms with van der Waals surface area (Å²) in [6.45, 7) is 6.50. The minimum atomic E-state index is -0.153. The normalized spacial score (nSPS) is 24.5. The second kappa shape index (κ2) is 5.76. The van der Waals surface area contributed by atoms with Crippen molar-refractivity contribution in [3.63, 3.8) is 0 Å². The Morgan fingerprint density at radius 3 is 2.62 bits per heavy atom. The lowest BCUT2D eigenvalue weighted by Gasteiger charge is -2.42. The number of nitrogens with zero attached hydrogens (tertiary/aromatic N) is 4. The third-order valence-electron chi connectivity index (χ3n) is 4.20. The van der Waals surface area contributed by atoms with Gasteiger partial charge in [0, 0.05) is 22.8 Å². The lowest BCUT2D eigenvalue weighted by Crippen LogP contribution is -2.51. The SMILES string of the molecule is CC(Cl)c1nc2cc(Br)cnc2n1N1C(C)CCCC1C. The second-order valence-corrected chi connectivity index (χ2v) is 7.47. The predicted octanol–water partition coefficient (Wildman–Crippen LogP) is 4.39. The molecule has 3 unspecified atom stereocenters. The predicted molar refractivity (Wildman–Crippen MR) is 90.5 cm³/mol. The minimum absolute atomic E-state index is 0.153. The highest BCUT2D eigenvalue weighted by Gasteiger charge is 2.30. The Labute approximate surface area is 138 Å². The van der Waals surface area contributed by atoms with Gasteiger partial charge in [-0.15, -0.1) is 11.6 Å². The zero-order valence-corrected chi connectivity index (χ0v) is 14.9. The number of imidazole rings is 1. The average Bonchev–Trinajstić information content (AvgIpc) is 2.77. The van der Waals surface area contributed by atoms with Gasteiger partial charge in [0.15, 0.2) is 5.65 Å². The molecule has 0 radical (unpaired) electrons. The maximum Gasteiger partial charge on any atom is 0.179 e. The first kappa shape index (κ1) is 15.1. The summed E-state index contributed by atoms with van der Waals surface area (Å²) in [5.41, 5.74) is 1.78. The van der Waals surface area contributed by atoms with E-state index in [2.05, 4.69) is 44.4 Å².